The number of nitrogens with one attached hydrogen (secondary N) is 3. The maximum Gasteiger partial charge on any atom is 0.261 e. The molecule has 1 aromatic carbocycles. The number of nitrogens with zero attached hydrogens (tertiary/aromatic N) is 4. The fraction of sp³-hybridized carbons (Fsp3) is 0.273. The number of amides is 1. The van der Waals surface area contributed by atoms with Crippen LogP contribution in [0.1, 0.15) is 23.6 Å². The van der Waals surface area contributed by atoms with Gasteiger partial charge in [0.05, 0.1) is 30.3 Å². The largest absolute Gasteiger partial charge is 0.368 e. The Labute approximate surface area is 188 Å². The Hall–Kier alpha value is -3.70. The highest BCUT2D eigenvalue weighted by Crippen LogP contribution is 2.34. The molecule has 2 aromatic heterocycles. The number of carbonyl (C=O) groups excluding carboxylic acids is 1. The van der Waals surface area contributed by atoms with E-state index in [9.17, 15) is 13.6 Å². The Morgan fingerprint density at radius 1 is 1.18 bits per heavy atom. The molecule has 0 spiro atoms. The van der Waals surface area contributed by atoms with Crippen LogP contribution < -0.4 is 21.9 Å². The van der Waals surface area contributed by atoms with Crippen molar-refractivity contribution in [1.29, 1.82) is 0 Å². The van der Waals surface area contributed by atoms with Gasteiger partial charge in [0, 0.05) is 43.0 Å². The number of aromatic nitrogens is 3. The van der Waals surface area contributed by atoms with Crippen molar-refractivity contribution in [3.63, 3.8) is 0 Å². The van der Waals surface area contributed by atoms with Gasteiger partial charge in [0.2, 0.25) is 11.9 Å². The van der Waals surface area contributed by atoms with Gasteiger partial charge in [-0.3, -0.25) is 14.7 Å². The van der Waals surface area contributed by atoms with E-state index in [4.69, 9.17) is 5.73 Å². The molecule has 1 saturated heterocycles. The third-order valence-electron chi connectivity index (χ3n) is 5.70. The molecule has 5 N–H and O–H groups in total. The quantitative estimate of drug-likeness (QED) is 0.466. The van der Waals surface area contributed by atoms with Gasteiger partial charge in [0.25, 0.3) is 5.92 Å². The van der Waals surface area contributed by atoms with Crippen molar-refractivity contribution in [3.05, 3.63) is 60.2 Å². The van der Waals surface area contributed by atoms with Crippen LogP contribution in [0.4, 0.5) is 26.1 Å². The smallest absolute Gasteiger partial charge is 0.261 e. The molecule has 1 amide bonds. The summed E-state index contributed by atoms with van der Waals surface area (Å²) in [5.74, 6) is -2.79. The van der Waals surface area contributed by atoms with Gasteiger partial charge in [-0.25, -0.2) is 24.2 Å². The van der Waals surface area contributed by atoms with E-state index in [0.717, 1.165) is 27.9 Å². The fourth-order valence-corrected chi connectivity index (χ4v) is 4.08. The summed E-state index contributed by atoms with van der Waals surface area (Å²) in [7, 11) is 0. The van der Waals surface area contributed by atoms with Gasteiger partial charge in [-0.15, -0.1) is 0 Å². The third kappa shape index (κ3) is 4.59. The average molecular weight is 452 g/mol. The summed E-state index contributed by atoms with van der Waals surface area (Å²) in [5.41, 5.74) is 16.0. The zero-order valence-electron chi connectivity index (χ0n) is 17.6. The maximum atomic E-state index is 13.5. The van der Waals surface area contributed by atoms with Gasteiger partial charge in [0.15, 0.2) is 0 Å². The van der Waals surface area contributed by atoms with E-state index >= 15 is 0 Å². The number of pyridine rings is 1. The Balaban J connectivity index is 1.34. The van der Waals surface area contributed by atoms with Crippen molar-refractivity contribution < 1.29 is 13.6 Å². The molecule has 1 atom stereocenters. The van der Waals surface area contributed by atoms with E-state index in [1.807, 2.05) is 24.3 Å². The van der Waals surface area contributed by atoms with Gasteiger partial charge >= 0.3 is 0 Å². The summed E-state index contributed by atoms with van der Waals surface area (Å²) >= 11 is 0. The minimum Gasteiger partial charge on any atom is -0.368 e. The summed E-state index contributed by atoms with van der Waals surface area (Å²) in [6.45, 7) is 0.547. The molecular formula is C22H22F2N8O. The molecule has 170 valence electrons. The fourth-order valence-electron chi connectivity index (χ4n) is 4.08. The van der Waals surface area contributed by atoms with E-state index in [2.05, 4.69) is 31.1 Å². The number of hydrogen-bond acceptors (Lipinski definition) is 8. The topological polar surface area (TPSA) is 121 Å². The number of carbonyl (C=O) groups is 1. The molecule has 2 aliphatic heterocycles. The molecule has 1 unspecified atom stereocenters. The molecule has 9 nitrogen and oxygen atoms in total. The average Bonchev–Trinajstić information content (AvgIpc) is 3.37. The van der Waals surface area contributed by atoms with Crippen LogP contribution in [0.3, 0.4) is 0 Å². The Morgan fingerprint density at radius 2 is 2.00 bits per heavy atom. The highest BCUT2D eigenvalue weighted by atomic mass is 19.3. The summed E-state index contributed by atoms with van der Waals surface area (Å²) in [5, 5.41) is 2.77. The molecular weight excluding hydrogens is 430 g/mol. The normalized spacial score (nSPS) is 19.2. The van der Waals surface area contributed by atoms with Crippen LogP contribution in [0.15, 0.2) is 49.1 Å². The molecule has 0 bridgehead atoms. The molecule has 11 heteroatoms. The molecule has 0 saturated carbocycles. The number of hydrogen-bond donors (Lipinski definition) is 4. The molecule has 3 aromatic rings. The predicted molar refractivity (Wildman–Crippen MR) is 119 cm³/mol. The number of nitrogens with two attached hydrogens (primary N) is 1. The van der Waals surface area contributed by atoms with E-state index in [1.165, 1.54) is 12.4 Å². The van der Waals surface area contributed by atoms with E-state index in [0.29, 0.717) is 18.8 Å². The standard InChI is InChI=1S/C22H22F2N8O/c23-22(24)3-4-32(12-22)11-13-5-15(8-26-7-13)14-1-2-18-17(6-14)19(31-30-18)20(33)29-16-9-27-21(25)28-10-16/h1-2,5-10,19,30-31H,3-4,11-12H2,(H,29,33)(H2,25,27,28). The molecule has 5 rings (SSSR count). The zero-order chi connectivity index (χ0) is 23.0. The number of benzene rings is 1. The predicted octanol–water partition coefficient (Wildman–Crippen LogP) is 2.57. The summed E-state index contributed by atoms with van der Waals surface area (Å²) < 4.78 is 27.0. The van der Waals surface area contributed by atoms with Crippen molar-refractivity contribution >= 4 is 23.2 Å². The lowest BCUT2D eigenvalue weighted by atomic mass is 9.99. The van der Waals surface area contributed by atoms with Crippen LogP contribution in [0.25, 0.3) is 11.1 Å². The minimum absolute atomic E-state index is 0.114. The van der Waals surface area contributed by atoms with Crippen molar-refractivity contribution in [3.8, 4) is 11.1 Å². The highest BCUT2D eigenvalue weighted by molar-refractivity contribution is 5.97. The van der Waals surface area contributed by atoms with E-state index in [-0.39, 0.29) is 24.8 Å². The second-order valence-electron chi connectivity index (χ2n) is 8.22. The third-order valence-corrected chi connectivity index (χ3v) is 5.70. The first-order valence-electron chi connectivity index (χ1n) is 10.4. The first kappa shape index (κ1) is 21.2. The summed E-state index contributed by atoms with van der Waals surface area (Å²) in [6, 6.07) is 7.02. The monoisotopic (exact) mass is 452 g/mol. The van der Waals surface area contributed by atoms with Crippen LogP contribution >= 0.6 is 0 Å². The molecule has 0 radical (unpaired) electrons. The van der Waals surface area contributed by atoms with Gasteiger partial charge in [-0.1, -0.05) is 6.07 Å². The minimum atomic E-state index is -2.63. The van der Waals surface area contributed by atoms with Gasteiger partial charge in [0.1, 0.15) is 6.04 Å². The summed E-state index contributed by atoms with van der Waals surface area (Å²) in [6.07, 6.45) is 6.18. The number of likely N-dealkylation sites (tertiary alicyclic amines) is 1. The van der Waals surface area contributed by atoms with Crippen molar-refractivity contribution in [2.45, 2.75) is 24.9 Å². The lowest BCUT2D eigenvalue weighted by molar-refractivity contribution is -0.118. The molecule has 0 aliphatic carbocycles. The maximum absolute atomic E-state index is 13.5. The van der Waals surface area contributed by atoms with Crippen LogP contribution in [-0.4, -0.2) is 44.8 Å². The van der Waals surface area contributed by atoms with E-state index < -0.39 is 12.0 Å². The van der Waals surface area contributed by atoms with Gasteiger partial charge in [-0.2, -0.15) is 0 Å². The summed E-state index contributed by atoms with van der Waals surface area (Å²) in [4.78, 5) is 26.6. The number of nitrogen functional groups attached to an aromatic ring is 1. The van der Waals surface area contributed by atoms with Crippen LogP contribution in [-0.2, 0) is 11.3 Å². The SMILES string of the molecule is Nc1ncc(NC(=O)C2NNc3ccc(-c4cncc(CN5CCC(F)(F)C5)c4)cc32)cn1. The number of fused-ring (bicyclic) bond motifs is 1. The van der Waals surface area contributed by atoms with Crippen LogP contribution in [0.2, 0.25) is 0 Å². The van der Waals surface area contributed by atoms with Gasteiger partial charge in [-0.05, 0) is 29.3 Å². The Morgan fingerprint density at radius 3 is 2.76 bits per heavy atom. The number of alkyl halides is 2. The van der Waals surface area contributed by atoms with Crippen molar-refractivity contribution in [2.24, 2.45) is 0 Å². The first-order valence-corrected chi connectivity index (χ1v) is 10.4. The molecule has 33 heavy (non-hydrogen) atoms. The first-order chi connectivity index (χ1) is 15.9. The second kappa shape index (κ2) is 8.34. The van der Waals surface area contributed by atoms with Crippen molar-refractivity contribution in [1.82, 2.24) is 25.3 Å². The molecule has 1 fully saturated rings. The number of rotatable bonds is 5. The number of anilines is 3. The lowest BCUT2D eigenvalue weighted by Crippen LogP contribution is -2.30. The van der Waals surface area contributed by atoms with E-state index in [1.54, 1.807) is 17.3 Å². The molecule has 4 heterocycles. The van der Waals surface area contributed by atoms with Crippen molar-refractivity contribution in [2.75, 3.05) is 29.6 Å². The second-order valence-corrected chi connectivity index (χ2v) is 8.22. The molecule has 2 aliphatic rings. The van der Waals surface area contributed by atoms with Crippen LogP contribution in [0, 0.1) is 0 Å². The number of halogens is 2. The highest BCUT2D eigenvalue weighted by Gasteiger charge is 2.38. The lowest BCUT2D eigenvalue weighted by Gasteiger charge is -2.16. The van der Waals surface area contributed by atoms with Crippen LogP contribution in [0.5, 0.6) is 0 Å². The zero-order valence-corrected chi connectivity index (χ0v) is 17.6. The Kier molecular flexibility index (Phi) is 5.35. The Bertz CT molecular complexity index is 1190. The number of hydrazine groups is 1. The van der Waals surface area contributed by atoms with Gasteiger partial charge < -0.3 is 16.5 Å².